The van der Waals surface area contributed by atoms with Gasteiger partial charge in [-0.2, -0.15) is 0 Å². The fourth-order valence-corrected chi connectivity index (χ4v) is 2.80. The highest BCUT2D eigenvalue weighted by Crippen LogP contribution is 2.27. The van der Waals surface area contributed by atoms with Gasteiger partial charge in [0.25, 0.3) is 0 Å². The first kappa shape index (κ1) is 15.8. The summed E-state index contributed by atoms with van der Waals surface area (Å²) in [4.78, 5) is 0. The lowest BCUT2D eigenvalue weighted by atomic mass is 10.00. The Bertz CT molecular complexity index is 789. The zero-order chi connectivity index (χ0) is 16.2. The van der Waals surface area contributed by atoms with Crippen LogP contribution in [0.5, 0.6) is 0 Å². The van der Waals surface area contributed by atoms with Gasteiger partial charge in [-0.15, -0.1) is 0 Å². The molecular formula is C21H18ClF. The Kier molecular flexibility index (Phi) is 4.78. The summed E-state index contributed by atoms with van der Waals surface area (Å²) in [5.41, 5.74) is 5.26. The van der Waals surface area contributed by atoms with E-state index in [1.165, 1.54) is 16.7 Å². The van der Waals surface area contributed by atoms with E-state index in [0.717, 1.165) is 18.4 Å². The second-order valence-corrected chi connectivity index (χ2v) is 6.19. The van der Waals surface area contributed by atoms with Crippen LogP contribution in [0, 0.1) is 12.7 Å². The number of hydrogen-bond donors (Lipinski definition) is 0. The predicted molar refractivity (Wildman–Crippen MR) is 95.4 cm³/mol. The van der Waals surface area contributed by atoms with E-state index in [9.17, 15) is 4.39 Å². The van der Waals surface area contributed by atoms with Gasteiger partial charge in [0.2, 0.25) is 0 Å². The normalized spacial score (nSPS) is 10.7. The molecule has 23 heavy (non-hydrogen) atoms. The first-order chi connectivity index (χ1) is 11.1. The second kappa shape index (κ2) is 6.97. The van der Waals surface area contributed by atoms with Crippen LogP contribution in [0.2, 0.25) is 5.02 Å². The number of halogens is 2. The molecular weight excluding hydrogens is 307 g/mol. The highest BCUT2D eigenvalue weighted by Gasteiger charge is 2.08. The molecule has 0 fully saturated rings. The van der Waals surface area contributed by atoms with Crippen LogP contribution >= 0.6 is 11.6 Å². The van der Waals surface area contributed by atoms with E-state index in [1.807, 2.05) is 12.1 Å². The molecule has 0 spiro atoms. The van der Waals surface area contributed by atoms with Gasteiger partial charge in [0, 0.05) is 5.56 Å². The summed E-state index contributed by atoms with van der Waals surface area (Å²) in [7, 11) is 0. The molecule has 0 aliphatic carbocycles. The van der Waals surface area contributed by atoms with Crippen LogP contribution in [0.4, 0.5) is 4.39 Å². The van der Waals surface area contributed by atoms with Gasteiger partial charge in [-0.25, -0.2) is 4.39 Å². The van der Waals surface area contributed by atoms with Gasteiger partial charge in [-0.1, -0.05) is 77.8 Å². The van der Waals surface area contributed by atoms with Crippen molar-refractivity contribution >= 4 is 11.6 Å². The lowest BCUT2D eigenvalue weighted by Gasteiger charge is -2.07. The maximum atomic E-state index is 14.1. The van der Waals surface area contributed by atoms with Crippen molar-refractivity contribution < 1.29 is 4.39 Å². The van der Waals surface area contributed by atoms with E-state index in [0.29, 0.717) is 5.56 Å². The van der Waals surface area contributed by atoms with E-state index in [1.54, 1.807) is 18.2 Å². The van der Waals surface area contributed by atoms with Crippen molar-refractivity contribution in [1.82, 2.24) is 0 Å². The largest absolute Gasteiger partial charge is 0.205 e. The van der Waals surface area contributed by atoms with Gasteiger partial charge >= 0.3 is 0 Å². The van der Waals surface area contributed by atoms with Crippen LogP contribution in [0.1, 0.15) is 16.7 Å². The van der Waals surface area contributed by atoms with Crippen molar-refractivity contribution in [2.75, 3.05) is 0 Å². The van der Waals surface area contributed by atoms with Crippen LogP contribution in [0.3, 0.4) is 0 Å². The third-order valence-corrected chi connectivity index (χ3v) is 4.33. The fraction of sp³-hybridized carbons (Fsp3) is 0.143. The van der Waals surface area contributed by atoms with Gasteiger partial charge in [-0.05, 0) is 42.5 Å². The lowest BCUT2D eigenvalue weighted by Crippen LogP contribution is -1.92. The van der Waals surface area contributed by atoms with Gasteiger partial charge < -0.3 is 0 Å². The molecule has 0 radical (unpaired) electrons. The highest BCUT2D eigenvalue weighted by molar-refractivity contribution is 6.31. The summed E-state index contributed by atoms with van der Waals surface area (Å²) in [5, 5.41) is 0.158. The Labute approximate surface area is 141 Å². The molecule has 0 heterocycles. The van der Waals surface area contributed by atoms with Gasteiger partial charge in [-0.3, -0.25) is 0 Å². The summed E-state index contributed by atoms with van der Waals surface area (Å²) < 4.78 is 14.1. The van der Waals surface area contributed by atoms with Crippen LogP contribution in [-0.4, -0.2) is 0 Å². The molecule has 0 aliphatic rings. The average molecular weight is 325 g/mol. The molecule has 3 aromatic carbocycles. The third kappa shape index (κ3) is 3.80. The van der Waals surface area contributed by atoms with Crippen LogP contribution < -0.4 is 0 Å². The first-order valence-corrected chi connectivity index (χ1v) is 8.10. The van der Waals surface area contributed by atoms with Crippen molar-refractivity contribution in [3.63, 3.8) is 0 Å². The molecule has 0 aromatic heterocycles. The van der Waals surface area contributed by atoms with Crippen molar-refractivity contribution in [3.05, 3.63) is 94.3 Å². The Morgan fingerprint density at radius 3 is 1.96 bits per heavy atom. The molecule has 0 amide bonds. The minimum Gasteiger partial charge on any atom is -0.205 e. The van der Waals surface area contributed by atoms with Gasteiger partial charge in [0.05, 0.1) is 5.02 Å². The van der Waals surface area contributed by atoms with Crippen molar-refractivity contribution in [2.24, 2.45) is 0 Å². The third-order valence-electron chi connectivity index (χ3n) is 4.04. The number of benzene rings is 3. The standard InChI is InChI=1S/C21H18ClF/c1-15-5-7-16(8-6-15)9-10-17-11-13-18(14-12-17)19-3-2-4-20(22)21(19)23/h2-8,11-14H,9-10H2,1H3. The van der Waals surface area contributed by atoms with Crippen molar-refractivity contribution in [1.29, 1.82) is 0 Å². The quantitative estimate of drug-likeness (QED) is 0.533. The summed E-state index contributed by atoms with van der Waals surface area (Å²) in [6.07, 6.45) is 1.98. The monoisotopic (exact) mass is 324 g/mol. The Morgan fingerprint density at radius 2 is 1.35 bits per heavy atom. The molecule has 3 aromatic rings. The fourth-order valence-electron chi connectivity index (χ4n) is 2.62. The SMILES string of the molecule is Cc1ccc(CCc2ccc(-c3cccc(Cl)c3F)cc2)cc1. The highest BCUT2D eigenvalue weighted by atomic mass is 35.5. The maximum absolute atomic E-state index is 14.1. The maximum Gasteiger partial charge on any atom is 0.149 e. The molecule has 0 nitrogen and oxygen atoms in total. The molecule has 0 bridgehead atoms. The van der Waals surface area contributed by atoms with E-state index in [-0.39, 0.29) is 10.8 Å². The minimum atomic E-state index is -0.360. The Hall–Kier alpha value is -2.12. The number of aryl methyl sites for hydroxylation is 3. The summed E-state index contributed by atoms with van der Waals surface area (Å²) in [5.74, 6) is -0.360. The summed E-state index contributed by atoms with van der Waals surface area (Å²) in [6, 6.07) is 21.7. The molecule has 2 heteroatoms. The molecule has 0 aliphatic heterocycles. The smallest absolute Gasteiger partial charge is 0.149 e. The van der Waals surface area contributed by atoms with Gasteiger partial charge in [0.15, 0.2) is 0 Å². The zero-order valence-electron chi connectivity index (χ0n) is 13.0. The molecule has 0 atom stereocenters. The lowest BCUT2D eigenvalue weighted by molar-refractivity contribution is 0.632. The van der Waals surface area contributed by atoms with E-state index in [4.69, 9.17) is 11.6 Å². The number of hydrogen-bond acceptors (Lipinski definition) is 0. The van der Waals surface area contributed by atoms with Crippen molar-refractivity contribution in [2.45, 2.75) is 19.8 Å². The second-order valence-electron chi connectivity index (χ2n) is 5.78. The van der Waals surface area contributed by atoms with E-state index >= 15 is 0 Å². The average Bonchev–Trinajstić information content (AvgIpc) is 2.57. The Morgan fingerprint density at radius 1 is 0.783 bits per heavy atom. The molecule has 3 rings (SSSR count). The topological polar surface area (TPSA) is 0 Å². The zero-order valence-corrected chi connectivity index (χ0v) is 13.8. The Balaban J connectivity index is 1.72. The van der Waals surface area contributed by atoms with Gasteiger partial charge in [0.1, 0.15) is 5.82 Å². The van der Waals surface area contributed by atoms with E-state index < -0.39 is 0 Å². The molecule has 0 saturated carbocycles. The van der Waals surface area contributed by atoms with Crippen LogP contribution in [0.15, 0.2) is 66.7 Å². The predicted octanol–water partition coefficient (Wildman–Crippen LogP) is 6.24. The molecule has 0 saturated heterocycles. The summed E-state index contributed by atoms with van der Waals surface area (Å²) in [6.45, 7) is 2.09. The summed E-state index contributed by atoms with van der Waals surface area (Å²) >= 11 is 5.85. The van der Waals surface area contributed by atoms with E-state index in [2.05, 4.69) is 43.3 Å². The molecule has 116 valence electrons. The van der Waals surface area contributed by atoms with Crippen molar-refractivity contribution in [3.8, 4) is 11.1 Å². The molecule has 0 N–H and O–H groups in total. The van der Waals surface area contributed by atoms with Crippen LogP contribution in [-0.2, 0) is 12.8 Å². The number of rotatable bonds is 4. The first-order valence-electron chi connectivity index (χ1n) is 7.72. The minimum absolute atomic E-state index is 0.158. The van der Waals surface area contributed by atoms with Crippen LogP contribution in [0.25, 0.3) is 11.1 Å². The molecule has 0 unspecified atom stereocenters.